The molecule has 2 aromatic rings. The quantitative estimate of drug-likeness (QED) is 0.640. The van der Waals surface area contributed by atoms with Gasteiger partial charge in [0.25, 0.3) is 5.69 Å². The molecule has 6 nitrogen and oxygen atoms in total. The molecule has 1 aromatic heterocycles. The van der Waals surface area contributed by atoms with E-state index in [1.165, 1.54) is 6.07 Å². The van der Waals surface area contributed by atoms with Gasteiger partial charge in [0.15, 0.2) is 0 Å². The third-order valence-electron chi connectivity index (χ3n) is 3.42. The molecule has 1 N–H and O–H groups in total. The van der Waals surface area contributed by atoms with E-state index < -0.39 is 4.92 Å². The van der Waals surface area contributed by atoms with Crippen molar-refractivity contribution in [2.45, 2.75) is 20.8 Å². The summed E-state index contributed by atoms with van der Waals surface area (Å²) in [5.41, 5.74) is 3.20. The van der Waals surface area contributed by atoms with Gasteiger partial charge in [-0.3, -0.25) is 10.1 Å². The first-order valence-corrected chi connectivity index (χ1v) is 7.37. The van der Waals surface area contributed by atoms with E-state index in [9.17, 15) is 10.1 Å². The Labute approximate surface area is 136 Å². The van der Waals surface area contributed by atoms with Crippen molar-refractivity contribution in [3.8, 4) is 5.75 Å². The number of halogens is 1. The molecule has 0 fully saturated rings. The van der Waals surface area contributed by atoms with Crippen LogP contribution in [0, 0.1) is 30.9 Å². The standard InChI is InChI=1S/C15H16BrN3O3/c1-8-5-6-13(22-4)9(2)14(8)18-15-11(16)7-12(19(20)21)10(3)17-15/h5-7H,1-4H3,(H,17,18). The molecule has 0 bridgehead atoms. The van der Waals surface area contributed by atoms with Gasteiger partial charge in [-0.25, -0.2) is 4.98 Å². The molecule has 7 heteroatoms. The van der Waals surface area contributed by atoms with Crippen LogP contribution in [-0.2, 0) is 0 Å². The molecule has 0 aliphatic heterocycles. The van der Waals surface area contributed by atoms with Crippen LogP contribution in [0.2, 0.25) is 0 Å². The number of nitrogens with zero attached hydrogens (tertiary/aromatic N) is 2. The van der Waals surface area contributed by atoms with Crippen molar-refractivity contribution < 1.29 is 9.66 Å². The number of hydrogen-bond acceptors (Lipinski definition) is 5. The van der Waals surface area contributed by atoms with Crippen molar-refractivity contribution >= 4 is 33.1 Å². The third kappa shape index (κ3) is 3.04. The highest BCUT2D eigenvalue weighted by Gasteiger charge is 2.17. The summed E-state index contributed by atoms with van der Waals surface area (Å²) < 4.78 is 5.86. The summed E-state index contributed by atoms with van der Waals surface area (Å²) in [6, 6.07) is 5.30. The Kier molecular flexibility index (Phi) is 4.65. The van der Waals surface area contributed by atoms with E-state index in [0.717, 1.165) is 22.6 Å². The number of ether oxygens (including phenoxy) is 1. The topological polar surface area (TPSA) is 77.3 Å². The van der Waals surface area contributed by atoms with Crippen LogP contribution in [-0.4, -0.2) is 17.0 Å². The van der Waals surface area contributed by atoms with Gasteiger partial charge in [0, 0.05) is 17.3 Å². The van der Waals surface area contributed by atoms with Crippen molar-refractivity contribution in [3.05, 3.63) is 49.6 Å². The zero-order chi connectivity index (χ0) is 16.4. The van der Waals surface area contributed by atoms with E-state index in [-0.39, 0.29) is 5.69 Å². The van der Waals surface area contributed by atoms with Gasteiger partial charge in [-0.05, 0) is 48.3 Å². The maximum Gasteiger partial charge on any atom is 0.291 e. The van der Waals surface area contributed by atoms with Crippen molar-refractivity contribution in [1.82, 2.24) is 4.98 Å². The number of methoxy groups -OCH3 is 1. The fourth-order valence-corrected chi connectivity index (χ4v) is 2.61. The molecule has 0 amide bonds. The molecule has 0 aliphatic carbocycles. The number of anilines is 2. The molecule has 0 radical (unpaired) electrons. The van der Waals surface area contributed by atoms with Gasteiger partial charge in [-0.15, -0.1) is 0 Å². The first-order valence-electron chi connectivity index (χ1n) is 6.58. The molecule has 0 aliphatic rings. The Hall–Kier alpha value is -2.15. The summed E-state index contributed by atoms with van der Waals surface area (Å²) in [7, 11) is 1.62. The second-order valence-electron chi connectivity index (χ2n) is 4.89. The van der Waals surface area contributed by atoms with Crippen LogP contribution in [0.25, 0.3) is 0 Å². The maximum atomic E-state index is 10.9. The zero-order valence-corrected chi connectivity index (χ0v) is 14.3. The van der Waals surface area contributed by atoms with Gasteiger partial charge in [-0.2, -0.15) is 0 Å². The van der Waals surface area contributed by atoms with Crippen LogP contribution < -0.4 is 10.1 Å². The molecule has 0 saturated heterocycles. The number of hydrogen-bond donors (Lipinski definition) is 1. The maximum absolute atomic E-state index is 10.9. The summed E-state index contributed by atoms with van der Waals surface area (Å²) in [6.07, 6.45) is 0. The number of nitrogens with one attached hydrogen (secondary N) is 1. The predicted octanol–water partition coefficient (Wildman–Crippen LogP) is 4.43. The molecule has 0 saturated carbocycles. The van der Waals surface area contributed by atoms with Crippen LogP contribution in [0.4, 0.5) is 17.2 Å². The highest BCUT2D eigenvalue weighted by atomic mass is 79.9. The predicted molar refractivity (Wildman–Crippen MR) is 89.1 cm³/mol. The second-order valence-corrected chi connectivity index (χ2v) is 5.74. The van der Waals surface area contributed by atoms with Gasteiger partial charge in [0.1, 0.15) is 17.3 Å². The van der Waals surface area contributed by atoms with E-state index >= 15 is 0 Å². The molecule has 0 unspecified atom stereocenters. The van der Waals surface area contributed by atoms with Crippen LogP contribution >= 0.6 is 15.9 Å². The van der Waals surface area contributed by atoms with E-state index in [0.29, 0.717) is 16.0 Å². The number of pyridine rings is 1. The Morgan fingerprint density at radius 3 is 2.59 bits per heavy atom. The molecular weight excluding hydrogens is 350 g/mol. The van der Waals surface area contributed by atoms with E-state index in [1.54, 1.807) is 14.0 Å². The third-order valence-corrected chi connectivity index (χ3v) is 4.03. The number of benzene rings is 1. The van der Waals surface area contributed by atoms with E-state index in [4.69, 9.17) is 4.74 Å². The van der Waals surface area contributed by atoms with Gasteiger partial charge in [-0.1, -0.05) is 6.07 Å². The van der Waals surface area contributed by atoms with Crippen molar-refractivity contribution in [2.24, 2.45) is 0 Å². The molecule has 116 valence electrons. The fraction of sp³-hybridized carbons (Fsp3) is 0.267. The molecule has 0 spiro atoms. The summed E-state index contributed by atoms with van der Waals surface area (Å²) in [4.78, 5) is 14.8. The smallest absolute Gasteiger partial charge is 0.291 e. The molecular formula is C15H16BrN3O3. The molecule has 2 rings (SSSR count). The first-order chi connectivity index (χ1) is 10.3. The van der Waals surface area contributed by atoms with E-state index in [1.807, 2.05) is 26.0 Å². The zero-order valence-electron chi connectivity index (χ0n) is 12.7. The first kappa shape index (κ1) is 16.2. The van der Waals surface area contributed by atoms with Crippen molar-refractivity contribution in [2.75, 3.05) is 12.4 Å². The van der Waals surface area contributed by atoms with Gasteiger partial charge < -0.3 is 10.1 Å². The minimum absolute atomic E-state index is 0.0171. The summed E-state index contributed by atoms with van der Waals surface area (Å²) >= 11 is 3.33. The van der Waals surface area contributed by atoms with Crippen LogP contribution in [0.1, 0.15) is 16.8 Å². The monoisotopic (exact) mass is 365 g/mol. The molecule has 1 aromatic carbocycles. The van der Waals surface area contributed by atoms with Crippen LogP contribution in [0.3, 0.4) is 0 Å². The number of aromatic nitrogens is 1. The van der Waals surface area contributed by atoms with Gasteiger partial charge >= 0.3 is 0 Å². The second kappa shape index (κ2) is 6.31. The van der Waals surface area contributed by atoms with Gasteiger partial charge in [0.05, 0.1) is 16.5 Å². The normalized spacial score (nSPS) is 10.4. The number of nitro groups is 1. The fourth-order valence-electron chi connectivity index (χ4n) is 2.20. The number of aryl methyl sites for hydroxylation is 2. The Balaban J connectivity index is 2.48. The van der Waals surface area contributed by atoms with Crippen LogP contribution in [0.5, 0.6) is 5.75 Å². The Morgan fingerprint density at radius 1 is 1.32 bits per heavy atom. The van der Waals surface area contributed by atoms with Crippen molar-refractivity contribution in [1.29, 1.82) is 0 Å². The average molecular weight is 366 g/mol. The highest BCUT2D eigenvalue weighted by Crippen LogP contribution is 2.34. The van der Waals surface area contributed by atoms with Crippen LogP contribution in [0.15, 0.2) is 22.7 Å². The Morgan fingerprint density at radius 2 is 2.00 bits per heavy atom. The Bertz CT molecular complexity index is 747. The lowest BCUT2D eigenvalue weighted by Gasteiger charge is -2.16. The minimum Gasteiger partial charge on any atom is -0.496 e. The molecule has 1 heterocycles. The lowest BCUT2D eigenvalue weighted by Crippen LogP contribution is -2.03. The minimum atomic E-state index is -0.446. The lowest BCUT2D eigenvalue weighted by atomic mass is 10.1. The average Bonchev–Trinajstić information content (AvgIpc) is 2.46. The molecule has 0 atom stereocenters. The summed E-state index contributed by atoms with van der Waals surface area (Å²) in [5.74, 6) is 1.30. The largest absolute Gasteiger partial charge is 0.496 e. The lowest BCUT2D eigenvalue weighted by molar-refractivity contribution is -0.385. The number of rotatable bonds is 4. The highest BCUT2D eigenvalue weighted by molar-refractivity contribution is 9.10. The molecule has 22 heavy (non-hydrogen) atoms. The SMILES string of the molecule is COc1ccc(C)c(Nc2nc(C)c([N+](=O)[O-])cc2Br)c1C. The van der Waals surface area contributed by atoms with Gasteiger partial charge in [0.2, 0.25) is 0 Å². The van der Waals surface area contributed by atoms with E-state index in [2.05, 4.69) is 26.2 Å². The summed E-state index contributed by atoms with van der Waals surface area (Å²) in [6.45, 7) is 5.53. The van der Waals surface area contributed by atoms with Crippen molar-refractivity contribution in [3.63, 3.8) is 0 Å². The summed E-state index contributed by atoms with van der Waals surface area (Å²) in [5, 5.41) is 14.2.